The molecule has 1 N–H and O–H groups in total. The highest BCUT2D eigenvalue weighted by molar-refractivity contribution is 4.38. The molecule has 0 saturated heterocycles. The van der Waals surface area contributed by atoms with Gasteiger partial charge in [0.1, 0.15) is 6.23 Å². The Labute approximate surface area is 49.9 Å². The molecule has 0 rings (SSSR count). The van der Waals surface area contributed by atoms with Gasteiger partial charge in [0.05, 0.1) is 7.11 Å². The van der Waals surface area contributed by atoms with Crippen LogP contribution < -0.4 is 5.32 Å². The summed E-state index contributed by atoms with van der Waals surface area (Å²) < 4.78 is 0. The lowest BCUT2D eigenvalue weighted by molar-refractivity contribution is -0.306. The fourth-order valence-electron chi connectivity index (χ4n) is 0.466. The molecular weight excluding hydrogens is 106 g/mol. The normalized spacial score (nSPS) is 13.9. The summed E-state index contributed by atoms with van der Waals surface area (Å²) in [6.45, 7) is 4.78. The summed E-state index contributed by atoms with van der Waals surface area (Å²) in [6.07, 6.45) is -0.00926. The minimum Gasteiger partial charge on any atom is -0.290 e. The molecular formula is C5H13NO2. The number of nitrogens with one attached hydrogen (secondary N) is 1. The molecule has 8 heavy (non-hydrogen) atoms. The summed E-state index contributed by atoms with van der Waals surface area (Å²) in [4.78, 5) is 9.06. The van der Waals surface area contributed by atoms with Gasteiger partial charge in [0.25, 0.3) is 0 Å². The Morgan fingerprint density at radius 2 is 2.25 bits per heavy atom. The van der Waals surface area contributed by atoms with Gasteiger partial charge in [-0.3, -0.25) is 5.32 Å². The second-order valence-electron chi connectivity index (χ2n) is 1.46. The van der Waals surface area contributed by atoms with Gasteiger partial charge in [-0.1, -0.05) is 6.92 Å². The molecule has 3 heteroatoms. The van der Waals surface area contributed by atoms with Crippen LogP contribution >= 0.6 is 0 Å². The van der Waals surface area contributed by atoms with E-state index in [1.165, 1.54) is 7.11 Å². The summed E-state index contributed by atoms with van der Waals surface area (Å²) in [7, 11) is 1.49. The van der Waals surface area contributed by atoms with Crippen molar-refractivity contribution in [2.45, 2.75) is 20.1 Å². The third kappa shape index (κ3) is 4.05. The van der Waals surface area contributed by atoms with Crippen molar-refractivity contribution >= 4 is 0 Å². The van der Waals surface area contributed by atoms with Crippen molar-refractivity contribution in [1.82, 2.24) is 5.32 Å². The second-order valence-corrected chi connectivity index (χ2v) is 1.46. The van der Waals surface area contributed by atoms with Crippen LogP contribution in [0.3, 0.4) is 0 Å². The smallest absolute Gasteiger partial charge is 0.140 e. The molecule has 0 aliphatic rings. The average molecular weight is 119 g/mol. The molecule has 0 fully saturated rings. The van der Waals surface area contributed by atoms with E-state index in [2.05, 4.69) is 15.1 Å². The van der Waals surface area contributed by atoms with Crippen LogP contribution in [0.15, 0.2) is 0 Å². The number of hydrogen-bond acceptors (Lipinski definition) is 3. The molecule has 0 bridgehead atoms. The highest BCUT2D eigenvalue weighted by Gasteiger charge is 1.95. The van der Waals surface area contributed by atoms with Crippen LogP contribution in [0.2, 0.25) is 0 Å². The zero-order valence-electron chi connectivity index (χ0n) is 5.60. The summed E-state index contributed by atoms with van der Waals surface area (Å²) in [6, 6.07) is 0. The molecule has 0 heterocycles. The van der Waals surface area contributed by atoms with Gasteiger partial charge >= 0.3 is 0 Å². The average Bonchev–Trinajstić information content (AvgIpc) is 1.68. The molecule has 0 aromatic heterocycles. The molecule has 0 aromatic carbocycles. The molecule has 50 valence electrons. The van der Waals surface area contributed by atoms with E-state index in [0.717, 1.165) is 6.54 Å². The van der Waals surface area contributed by atoms with Gasteiger partial charge in [-0.25, -0.2) is 9.78 Å². The van der Waals surface area contributed by atoms with Crippen molar-refractivity contribution in [3.63, 3.8) is 0 Å². The molecule has 0 amide bonds. The van der Waals surface area contributed by atoms with Crippen LogP contribution in [-0.4, -0.2) is 19.9 Å². The predicted octanol–water partition coefficient (Wildman–Crippen LogP) is 0.520. The maximum atomic E-state index is 4.67. The number of hydrogen-bond donors (Lipinski definition) is 1. The van der Waals surface area contributed by atoms with Crippen molar-refractivity contribution in [3.8, 4) is 0 Å². The molecule has 0 radical (unpaired) electrons. The maximum absolute atomic E-state index is 4.67. The van der Waals surface area contributed by atoms with Gasteiger partial charge < -0.3 is 0 Å². The molecule has 1 unspecified atom stereocenters. The third-order valence-corrected chi connectivity index (χ3v) is 0.732. The van der Waals surface area contributed by atoms with Crippen molar-refractivity contribution in [3.05, 3.63) is 0 Å². The highest BCUT2D eigenvalue weighted by atomic mass is 17.2. The van der Waals surface area contributed by atoms with Crippen LogP contribution in [0, 0.1) is 0 Å². The molecule has 0 aliphatic carbocycles. The first-order valence-corrected chi connectivity index (χ1v) is 2.74. The summed E-state index contributed by atoms with van der Waals surface area (Å²) in [5.41, 5.74) is 0. The Kier molecular flexibility index (Phi) is 4.95. The zero-order chi connectivity index (χ0) is 6.41. The lowest BCUT2D eigenvalue weighted by Crippen LogP contribution is -2.27. The first-order chi connectivity index (χ1) is 3.81. The third-order valence-electron chi connectivity index (χ3n) is 0.732. The topological polar surface area (TPSA) is 30.5 Å². The highest BCUT2D eigenvalue weighted by Crippen LogP contribution is 1.81. The van der Waals surface area contributed by atoms with Crippen LogP contribution in [0.25, 0.3) is 0 Å². The SMILES string of the molecule is CCNC(C)OOC. The van der Waals surface area contributed by atoms with Crippen molar-refractivity contribution in [2.24, 2.45) is 0 Å². The van der Waals surface area contributed by atoms with Crippen molar-refractivity contribution < 1.29 is 9.78 Å². The molecule has 0 spiro atoms. The Morgan fingerprint density at radius 1 is 1.62 bits per heavy atom. The van der Waals surface area contributed by atoms with Crippen LogP contribution in [0.5, 0.6) is 0 Å². The second kappa shape index (κ2) is 5.03. The fourth-order valence-corrected chi connectivity index (χ4v) is 0.466. The van der Waals surface area contributed by atoms with E-state index >= 15 is 0 Å². The molecule has 0 aliphatic heterocycles. The largest absolute Gasteiger partial charge is 0.290 e. The van der Waals surface area contributed by atoms with E-state index in [9.17, 15) is 0 Å². The fraction of sp³-hybridized carbons (Fsp3) is 1.00. The van der Waals surface area contributed by atoms with Gasteiger partial charge in [0.15, 0.2) is 0 Å². The lowest BCUT2D eigenvalue weighted by atomic mass is 10.6. The molecule has 0 aromatic rings. The Hall–Kier alpha value is -0.120. The van der Waals surface area contributed by atoms with E-state index in [1.54, 1.807) is 0 Å². The van der Waals surface area contributed by atoms with Gasteiger partial charge in [-0.05, 0) is 13.5 Å². The molecule has 1 atom stereocenters. The van der Waals surface area contributed by atoms with E-state index in [1.807, 2.05) is 13.8 Å². The Bertz CT molecular complexity index is 43.7. The van der Waals surface area contributed by atoms with E-state index in [4.69, 9.17) is 0 Å². The van der Waals surface area contributed by atoms with Gasteiger partial charge in [-0.2, -0.15) is 0 Å². The molecule has 3 nitrogen and oxygen atoms in total. The maximum Gasteiger partial charge on any atom is 0.140 e. The summed E-state index contributed by atoms with van der Waals surface area (Å²) in [5, 5.41) is 3.00. The van der Waals surface area contributed by atoms with Crippen LogP contribution in [0.1, 0.15) is 13.8 Å². The Balaban J connectivity index is 2.92. The monoisotopic (exact) mass is 119 g/mol. The summed E-state index contributed by atoms with van der Waals surface area (Å²) in [5.74, 6) is 0. The van der Waals surface area contributed by atoms with Crippen molar-refractivity contribution in [2.75, 3.05) is 13.7 Å². The minimum atomic E-state index is -0.00926. The molecule has 0 saturated carbocycles. The zero-order valence-corrected chi connectivity index (χ0v) is 5.60. The van der Waals surface area contributed by atoms with Gasteiger partial charge in [0.2, 0.25) is 0 Å². The predicted molar refractivity (Wildman–Crippen MR) is 31.2 cm³/mol. The van der Waals surface area contributed by atoms with E-state index in [-0.39, 0.29) is 6.23 Å². The summed E-state index contributed by atoms with van der Waals surface area (Å²) >= 11 is 0. The standard InChI is InChI=1S/C5H13NO2/c1-4-6-5(2)8-7-3/h5-6H,4H2,1-3H3. The van der Waals surface area contributed by atoms with Crippen LogP contribution in [0.4, 0.5) is 0 Å². The Morgan fingerprint density at radius 3 is 2.62 bits per heavy atom. The van der Waals surface area contributed by atoms with E-state index in [0.29, 0.717) is 0 Å². The van der Waals surface area contributed by atoms with Crippen molar-refractivity contribution in [1.29, 1.82) is 0 Å². The first-order valence-electron chi connectivity index (χ1n) is 2.74. The lowest BCUT2D eigenvalue weighted by Gasteiger charge is -2.08. The first kappa shape index (κ1) is 7.88. The number of rotatable bonds is 4. The van der Waals surface area contributed by atoms with Gasteiger partial charge in [-0.15, -0.1) is 0 Å². The quantitative estimate of drug-likeness (QED) is 0.332. The van der Waals surface area contributed by atoms with Gasteiger partial charge in [0, 0.05) is 0 Å². The van der Waals surface area contributed by atoms with Crippen LogP contribution in [-0.2, 0) is 9.78 Å². The van der Waals surface area contributed by atoms with E-state index < -0.39 is 0 Å². The minimum absolute atomic E-state index is 0.00926.